The third-order valence-corrected chi connectivity index (χ3v) is 4.25. The van der Waals surface area contributed by atoms with Gasteiger partial charge in [-0.15, -0.1) is 0 Å². The largest absolute Gasteiger partial charge is 0.423 e. The monoisotopic (exact) mass is 288 g/mol. The summed E-state index contributed by atoms with van der Waals surface area (Å²) >= 11 is 0. The van der Waals surface area contributed by atoms with Crippen molar-refractivity contribution < 1.29 is 13.9 Å². The number of fused-ring (bicyclic) bond motifs is 1. The van der Waals surface area contributed by atoms with Crippen LogP contribution in [-0.4, -0.2) is 43.0 Å². The van der Waals surface area contributed by atoms with Crippen LogP contribution < -0.4 is 4.90 Å². The highest BCUT2D eigenvalue weighted by Crippen LogP contribution is 2.33. The number of nitrogens with zero attached hydrogens (tertiary/aromatic N) is 2. The highest BCUT2D eigenvalue weighted by atomic mass is 16.6. The van der Waals surface area contributed by atoms with E-state index in [0.717, 1.165) is 43.6 Å². The summed E-state index contributed by atoms with van der Waals surface area (Å²) in [5.41, 5.74) is 1.53. The Bertz CT molecular complexity index is 600. The molecule has 0 N–H and O–H groups in total. The number of rotatable bonds is 1. The van der Waals surface area contributed by atoms with Gasteiger partial charge in [0.1, 0.15) is 11.1 Å². The molecule has 5 heteroatoms. The molecule has 2 aliphatic heterocycles. The van der Waals surface area contributed by atoms with Gasteiger partial charge in [0.15, 0.2) is 5.58 Å². The number of hydrogen-bond donors (Lipinski definition) is 0. The number of benzene rings is 1. The van der Waals surface area contributed by atoms with Gasteiger partial charge in [-0.05, 0) is 31.9 Å². The number of ether oxygens (including phenoxy) is 2. The van der Waals surface area contributed by atoms with E-state index in [0.29, 0.717) is 12.6 Å². The summed E-state index contributed by atoms with van der Waals surface area (Å²) in [4.78, 5) is 6.81. The van der Waals surface area contributed by atoms with E-state index in [1.54, 1.807) is 0 Å². The molecule has 112 valence electrons. The number of morpholine rings is 1. The second-order valence-corrected chi connectivity index (χ2v) is 6.11. The summed E-state index contributed by atoms with van der Waals surface area (Å²) < 4.78 is 17.8. The minimum atomic E-state index is -0.212. The van der Waals surface area contributed by atoms with Gasteiger partial charge < -0.3 is 18.8 Å². The molecule has 0 saturated carbocycles. The Balaban J connectivity index is 1.64. The van der Waals surface area contributed by atoms with Crippen LogP contribution in [0.15, 0.2) is 28.7 Å². The standard InChI is InChI=1S/C16H20N2O3/c1-12-9-18(10-16(21-12)7-4-8-19-11-16)15-17-13-5-2-3-6-14(13)20-15/h2-3,5-6,12H,4,7-11H2,1H3. The summed E-state index contributed by atoms with van der Waals surface area (Å²) in [6.45, 7) is 5.18. The van der Waals surface area contributed by atoms with E-state index < -0.39 is 0 Å². The number of anilines is 1. The average Bonchev–Trinajstić information content (AvgIpc) is 2.91. The molecule has 4 rings (SSSR count). The molecule has 2 fully saturated rings. The fourth-order valence-electron chi connectivity index (χ4n) is 3.41. The van der Waals surface area contributed by atoms with Gasteiger partial charge in [-0.3, -0.25) is 0 Å². The number of para-hydroxylation sites is 2. The van der Waals surface area contributed by atoms with E-state index >= 15 is 0 Å². The summed E-state index contributed by atoms with van der Waals surface area (Å²) in [6, 6.07) is 8.57. The Labute approximate surface area is 123 Å². The normalized spacial score (nSPS) is 30.1. The fourth-order valence-corrected chi connectivity index (χ4v) is 3.41. The Morgan fingerprint density at radius 3 is 3.05 bits per heavy atom. The molecule has 21 heavy (non-hydrogen) atoms. The number of oxazole rings is 1. The summed E-state index contributed by atoms with van der Waals surface area (Å²) in [7, 11) is 0. The van der Waals surface area contributed by atoms with Crippen LogP contribution in [0.1, 0.15) is 19.8 Å². The second kappa shape index (κ2) is 5.00. The van der Waals surface area contributed by atoms with Crippen molar-refractivity contribution in [3.63, 3.8) is 0 Å². The smallest absolute Gasteiger partial charge is 0.298 e. The van der Waals surface area contributed by atoms with Crippen LogP contribution in [0, 0.1) is 0 Å². The first-order valence-corrected chi connectivity index (χ1v) is 7.60. The predicted molar refractivity (Wildman–Crippen MR) is 79.6 cm³/mol. The molecule has 2 aromatic rings. The van der Waals surface area contributed by atoms with Crippen LogP contribution in [0.4, 0.5) is 6.01 Å². The lowest BCUT2D eigenvalue weighted by Gasteiger charge is -2.46. The van der Waals surface area contributed by atoms with Crippen molar-refractivity contribution in [2.45, 2.75) is 31.5 Å². The SMILES string of the molecule is CC1CN(c2nc3ccccc3o2)CC2(CCCOC2)O1. The molecule has 2 atom stereocenters. The molecular formula is C16H20N2O3. The van der Waals surface area contributed by atoms with Gasteiger partial charge in [0.05, 0.1) is 19.3 Å². The van der Waals surface area contributed by atoms with Crippen LogP contribution in [-0.2, 0) is 9.47 Å². The maximum atomic E-state index is 6.20. The predicted octanol–water partition coefficient (Wildman–Crippen LogP) is 2.60. The van der Waals surface area contributed by atoms with E-state index in [4.69, 9.17) is 13.9 Å². The quantitative estimate of drug-likeness (QED) is 0.807. The molecular weight excluding hydrogens is 268 g/mol. The van der Waals surface area contributed by atoms with Crippen LogP contribution in [0.5, 0.6) is 0 Å². The maximum Gasteiger partial charge on any atom is 0.298 e. The van der Waals surface area contributed by atoms with Crippen LogP contribution in [0.2, 0.25) is 0 Å². The maximum absolute atomic E-state index is 6.20. The zero-order valence-electron chi connectivity index (χ0n) is 12.2. The number of aromatic nitrogens is 1. The molecule has 0 aliphatic carbocycles. The lowest BCUT2D eigenvalue weighted by atomic mass is 9.93. The van der Waals surface area contributed by atoms with Crippen molar-refractivity contribution in [3.8, 4) is 0 Å². The molecule has 0 radical (unpaired) electrons. The van der Waals surface area contributed by atoms with Gasteiger partial charge in [0.25, 0.3) is 6.01 Å². The van der Waals surface area contributed by atoms with Crippen molar-refractivity contribution in [3.05, 3.63) is 24.3 Å². The topological polar surface area (TPSA) is 47.7 Å². The third kappa shape index (κ3) is 2.40. The van der Waals surface area contributed by atoms with Gasteiger partial charge in [-0.2, -0.15) is 4.98 Å². The lowest BCUT2D eigenvalue weighted by Crippen LogP contribution is -2.58. The van der Waals surface area contributed by atoms with Gasteiger partial charge in [0, 0.05) is 13.2 Å². The third-order valence-electron chi connectivity index (χ3n) is 4.25. The van der Waals surface area contributed by atoms with Crippen LogP contribution >= 0.6 is 0 Å². The van der Waals surface area contributed by atoms with Crippen molar-refractivity contribution in [2.75, 3.05) is 31.2 Å². The van der Waals surface area contributed by atoms with E-state index in [2.05, 4.69) is 16.8 Å². The van der Waals surface area contributed by atoms with Crippen LogP contribution in [0.25, 0.3) is 11.1 Å². The molecule has 0 amide bonds. The van der Waals surface area contributed by atoms with Gasteiger partial charge in [-0.25, -0.2) is 0 Å². The molecule has 1 aromatic carbocycles. The molecule has 1 aromatic heterocycles. The summed E-state index contributed by atoms with van der Waals surface area (Å²) in [5, 5.41) is 0. The van der Waals surface area contributed by atoms with Crippen molar-refractivity contribution >= 4 is 17.1 Å². The van der Waals surface area contributed by atoms with E-state index in [9.17, 15) is 0 Å². The molecule has 2 aliphatic rings. The van der Waals surface area contributed by atoms with E-state index in [1.807, 2.05) is 24.3 Å². The Morgan fingerprint density at radius 2 is 2.24 bits per heavy atom. The number of hydrogen-bond acceptors (Lipinski definition) is 5. The van der Waals surface area contributed by atoms with E-state index in [-0.39, 0.29) is 11.7 Å². The molecule has 3 heterocycles. The van der Waals surface area contributed by atoms with Gasteiger partial charge in [0.2, 0.25) is 0 Å². The highest BCUT2D eigenvalue weighted by molar-refractivity contribution is 5.74. The first-order chi connectivity index (χ1) is 10.2. The first kappa shape index (κ1) is 13.1. The summed E-state index contributed by atoms with van der Waals surface area (Å²) in [5.74, 6) is 0. The summed E-state index contributed by atoms with van der Waals surface area (Å²) in [6.07, 6.45) is 2.23. The van der Waals surface area contributed by atoms with Crippen LogP contribution in [0.3, 0.4) is 0 Å². The Hall–Kier alpha value is -1.59. The minimum Gasteiger partial charge on any atom is -0.423 e. The van der Waals surface area contributed by atoms with E-state index in [1.165, 1.54) is 0 Å². The molecule has 0 bridgehead atoms. The van der Waals surface area contributed by atoms with Crippen molar-refractivity contribution in [1.82, 2.24) is 4.98 Å². The average molecular weight is 288 g/mol. The highest BCUT2D eigenvalue weighted by Gasteiger charge is 2.42. The zero-order chi connectivity index (χ0) is 14.3. The molecule has 2 saturated heterocycles. The zero-order valence-corrected chi connectivity index (χ0v) is 12.2. The minimum absolute atomic E-state index is 0.149. The second-order valence-electron chi connectivity index (χ2n) is 6.11. The molecule has 1 spiro atoms. The van der Waals surface area contributed by atoms with Crippen molar-refractivity contribution in [1.29, 1.82) is 0 Å². The first-order valence-electron chi connectivity index (χ1n) is 7.60. The molecule has 2 unspecified atom stereocenters. The van der Waals surface area contributed by atoms with Gasteiger partial charge in [-0.1, -0.05) is 12.1 Å². The Kier molecular flexibility index (Phi) is 3.12. The fraction of sp³-hybridized carbons (Fsp3) is 0.562. The lowest BCUT2D eigenvalue weighted by molar-refractivity contribution is -0.161. The van der Waals surface area contributed by atoms with Crippen molar-refractivity contribution in [2.24, 2.45) is 0 Å². The molecule has 5 nitrogen and oxygen atoms in total. The Morgan fingerprint density at radius 1 is 1.33 bits per heavy atom. The van der Waals surface area contributed by atoms with Gasteiger partial charge >= 0.3 is 0 Å².